The van der Waals surface area contributed by atoms with Crippen molar-refractivity contribution in [1.82, 2.24) is 9.80 Å². The minimum atomic E-state index is -0.449. The Morgan fingerprint density at radius 2 is 1.46 bits per heavy atom. The van der Waals surface area contributed by atoms with Crippen molar-refractivity contribution >= 4 is 17.5 Å². The summed E-state index contributed by atoms with van der Waals surface area (Å²) in [5, 5.41) is 10.9. The summed E-state index contributed by atoms with van der Waals surface area (Å²) in [5.74, 6) is 3.13. The molecule has 0 radical (unpaired) electrons. The van der Waals surface area contributed by atoms with E-state index in [0.29, 0.717) is 54.2 Å². The normalized spacial score (nSPS) is 16.4. The van der Waals surface area contributed by atoms with Gasteiger partial charge >= 0.3 is 0 Å². The van der Waals surface area contributed by atoms with Gasteiger partial charge in [-0.25, -0.2) is 0 Å². The van der Waals surface area contributed by atoms with Crippen LogP contribution >= 0.6 is 0 Å². The van der Waals surface area contributed by atoms with Crippen LogP contribution in [0.25, 0.3) is 11.3 Å². The SMILES string of the molecule is COc1ccc(CC(=O)N2CCC(C3CCN(C(=O)c4ccc(-c5ccc([N+](=O)[O-])cc5)o4)CC3)CC2)cc1OC. The van der Waals surface area contributed by atoms with Crippen molar-refractivity contribution in [2.45, 2.75) is 32.1 Å². The van der Waals surface area contributed by atoms with Crippen LogP contribution in [-0.2, 0) is 11.2 Å². The van der Waals surface area contributed by atoms with Crippen LogP contribution in [0.3, 0.4) is 0 Å². The average molecular weight is 562 g/mol. The van der Waals surface area contributed by atoms with Crippen molar-refractivity contribution in [3.8, 4) is 22.8 Å². The standard InChI is InChI=1S/C31H35N3O7/c1-39-27-8-3-21(19-29(27)40-2)20-30(35)32-15-11-22(12-16-32)23-13-17-33(18-14-23)31(36)28-10-9-26(41-28)24-4-6-25(7-5-24)34(37)38/h3-10,19,22-23H,11-18,20H2,1-2H3. The third-order valence-corrected chi connectivity index (χ3v) is 8.37. The summed E-state index contributed by atoms with van der Waals surface area (Å²) in [7, 11) is 3.18. The van der Waals surface area contributed by atoms with Gasteiger partial charge in [0.1, 0.15) is 5.76 Å². The number of amides is 2. The Morgan fingerprint density at radius 1 is 0.854 bits per heavy atom. The van der Waals surface area contributed by atoms with Crippen LogP contribution in [0.2, 0.25) is 0 Å². The molecular weight excluding hydrogens is 526 g/mol. The summed E-state index contributed by atoms with van der Waals surface area (Å²) in [6.07, 6.45) is 4.17. The number of nitro groups is 1. The molecule has 5 rings (SSSR count). The highest BCUT2D eigenvalue weighted by molar-refractivity contribution is 5.92. The minimum Gasteiger partial charge on any atom is -0.493 e. The summed E-state index contributed by atoms with van der Waals surface area (Å²) in [4.78, 5) is 40.3. The van der Waals surface area contributed by atoms with Crippen molar-refractivity contribution in [2.75, 3.05) is 40.4 Å². The third kappa shape index (κ3) is 6.37. The molecule has 3 aromatic rings. The van der Waals surface area contributed by atoms with E-state index in [1.54, 1.807) is 38.5 Å². The lowest BCUT2D eigenvalue weighted by Crippen LogP contribution is -2.44. The summed E-state index contributed by atoms with van der Waals surface area (Å²) in [5.41, 5.74) is 1.59. The lowest BCUT2D eigenvalue weighted by Gasteiger charge is -2.40. The monoisotopic (exact) mass is 561 g/mol. The number of carbonyl (C=O) groups is 2. The molecule has 0 saturated carbocycles. The zero-order valence-corrected chi connectivity index (χ0v) is 23.4. The number of ether oxygens (including phenoxy) is 2. The number of nitrogens with zero attached hydrogens (tertiary/aromatic N) is 3. The van der Waals surface area contributed by atoms with Gasteiger partial charge in [0.05, 0.1) is 25.6 Å². The van der Waals surface area contributed by atoms with Crippen LogP contribution in [0.5, 0.6) is 11.5 Å². The van der Waals surface area contributed by atoms with Gasteiger partial charge in [0.15, 0.2) is 17.3 Å². The highest BCUT2D eigenvalue weighted by Crippen LogP contribution is 2.34. The molecule has 0 spiro atoms. The van der Waals surface area contributed by atoms with E-state index < -0.39 is 4.92 Å². The molecule has 10 nitrogen and oxygen atoms in total. The number of nitro benzene ring substituents is 1. The Bertz CT molecular complexity index is 1380. The third-order valence-electron chi connectivity index (χ3n) is 8.37. The van der Waals surface area contributed by atoms with E-state index in [0.717, 1.165) is 44.3 Å². The first-order valence-electron chi connectivity index (χ1n) is 14.0. The number of benzene rings is 2. The molecule has 1 aromatic heterocycles. The predicted octanol–water partition coefficient (Wildman–Crippen LogP) is 5.21. The van der Waals surface area contributed by atoms with Gasteiger partial charge in [0.2, 0.25) is 5.91 Å². The Morgan fingerprint density at radius 3 is 2.05 bits per heavy atom. The van der Waals surface area contributed by atoms with Crippen molar-refractivity contribution in [2.24, 2.45) is 11.8 Å². The summed E-state index contributed by atoms with van der Waals surface area (Å²) in [6.45, 7) is 2.87. The molecule has 0 N–H and O–H groups in total. The highest BCUT2D eigenvalue weighted by atomic mass is 16.6. The van der Waals surface area contributed by atoms with E-state index in [9.17, 15) is 19.7 Å². The maximum absolute atomic E-state index is 13.1. The van der Waals surface area contributed by atoms with Crippen LogP contribution in [0.15, 0.2) is 59.0 Å². The van der Waals surface area contributed by atoms with Gasteiger partial charge in [-0.15, -0.1) is 0 Å². The van der Waals surface area contributed by atoms with Gasteiger partial charge in [-0.2, -0.15) is 0 Å². The molecule has 2 aromatic carbocycles. The minimum absolute atomic E-state index is 0.00588. The number of methoxy groups -OCH3 is 2. The maximum Gasteiger partial charge on any atom is 0.289 e. The maximum atomic E-state index is 13.1. The van der Waals surface area contributed by atoms with Crippen molar-refractivity contribution in [3.63, 3.8) is 0 Å². The molecule has 0 unspecified atom stereocenters. The zero-order valence-electron chi connectivity index (χ0n) is 23.4. The van der Waals surface area contributed by atoms with Gasteiger partial charge < -0.3 is 23.7 Å². The van der Waals surface area contributed by atoms with E-state index in [-0.39, 0.29) is 23.3 Å². The molecule has 0 atom stereocenters. The molecule has 216 valence electrons. The van der Waals surface area contributed by atoms with Crippen LogP contribution in [0.4, 0.5) is 5.69 Å². The summed E-state index contributed by atoms with van der Waals surface area (Å²) < 4.78 is 16.5. The van der Waals surface area contributed by atoms with Gasteiger partial charge in [0.25, 0.3) is 11.6 Å². The van der Waals surface area contributed by atoms with E-state index in [1.165, 1.54) is 12.1 Å². The largest absolute Gasteiger partial charge is 0.493 e. The van der Waals surface area contributed by atoms with Gasteiger partial charge in [0, 0.05) is 43.9 Å². The molecule has 41 heavy (non-hydrogen) atoms. The molecule has 2 saturated heterocycles. The number of carbonyl (C=O) groups excluding carboxylic acids is 2. The zero-order chi connectivity index (χ0) is 28.9. The lowest BCUT2D eigenvalue weighted by molar-refractivity contribution is -0.384. The molecule has 10 heteroatoms. The topological polar surface area (TPSA) is 115 Å². The molecule has 2 fully saturated rings. The first-order chi connectivity index (χ1) is 19.9. The van der Waals surface area contributed by atoms with E-state index in [2.05, 4.69) is 0 Å². The van der Waals surface area contributed by atoms with Gasteiger partial charge in [-0.1, -0.05) is 6.07 Å². The van der Waals surface area contributed by atoms with E-state index in [4.69, 9.17) is 13.9 Å². The quantitative estimate of drug-likeness (QED) is 0.274. The molecule has 2 amide bonds. The summed E-state index contributed by atoms with van der Waals surface area (Å²) >= 11 is 0. The first kappa shape index (κ1) is 28.2. The van der Waals surface area contributed by atoms with Crippen molar-refractivity contribution in [1.29, 1.82) is 0 Å². The fourth-order valence-electron chi connectivity index (χ4n) is 5.98. The number of rotatable bonds is 8. The molecule has 3 heterocycles. The van der Waals surface area contributed by atoms with E-state index >= 15 is 0 Å². The Hall–Kier alpha value is -4.34. The Labute approximate surface area is 239 Å². The number of furan rings is 1. The fraction of sp³-hybridized carbons (Fsp3) is 0.419. The Balaban J connectivity index is 1.09. The number of non-ortho nitro benzene ring substituents is 1. The molecular formula is C31H35N3O7. The van der Waals surface area contributed by atoms with Crippen LogP contribution in [-0.4, -0.2) is 66.9 Å². The van der Waals surface area contributed by atoms with Crippen molar-refractivity contribution in [3.05, 3.63) is 76.0 Å². The first-order valence-corrected chi connectivity index (χ1v) is 14.0. The highest BCUT2D eigenvalue weighted by Gasteiger charge is 2.33. The van der Waals surface area contributed by atoms with E-state index in [1.807, 2.05) is 28.0 Å². The summed E-state index contributed by atoms with van der Waals surface area (Å²) in [6, 6.07) is 15.1. The van der Waals surface area contributed by atoms with Crippen LogP contribution < -0.4 is 9.47 Å². The number of piperidine rings is 2. The molecule has 0 bridgehead atoms. The van der Waals surface area contributed by atoms with Gasteiger partial charge in [-0.3, -0.25) is 19.7 Å². The second-order valence-corrected chi connectivity index (χ2v) is 10.7. The number of hydrogen-bond donors (Lipinski definition) is 0. The molecule has 0 aliphatic carbocycles. The van der Waals surface area contributed by atoms with Crippen LogP contribution in [0.1, 0.15) is 41.8 Å². The number of hydrogen-bond acceptors (Lipinski definition) is 7. The average Bonchev–Trinajstić information content (AvgIpc) is 3.51. The number of likely N-dealkylation sites (tertiary alicyclic amines) is 2. The predicted molar refractivity (Wildman–Crippen MR) is 152 cm³/mol. The molecule has 2 aliphatic heterocycles. The fourth-order valence-corrected chi connectivity index (χ4v) is 5.98. The van der Waals surface area contributed by atoms with Crippen molar-refractivity contribution < 1.29 is 28.4 Å². The van der Waals surface area contributed by atoms with Crippen LogP contribution in [0, 0.1) is 22.0 Å². The molecule has 2 aliphatic rings. The second-order valence-electron chi connectivity index (χ2n) is 10.7. The Kier molecular flexibility index (Phi) is 8.56. The smallest absolute Gasteiger partial charge is 0.289 e. The lowest BCUT2D eigenvalue weighted by atomic mass is 9.78. The second kappa shape index (κ2) is 12.4. The van der Waals surface area contributed by atoms with Gasteiger partial charge in [-0.05, 0) is 79.5 Å².